The summed E-state index contributed by atoms with van der Waals surface area (Å²) >= 11 is 0. The van der Waals surface area contributed by atoms with E-state index in [2.05, 4.69) is 11.7 Å². The van der Waals surface area contributed by atoms with Gasteiger partial charge in [-0.25, -0.2) is 0 Å². The van der Waals surface area contributed by atoms with Crippen molar-refractivity contribution in [3.05, 3.63) is 0 Å². The molecule has 0 aromatic heterocycles. The molecule has 0 saturated carbocycles. The van der Waals surface area contributed by atoms with Gasteiger partial charge in [0.2, 0.25) is 0 Å². The van der Waals surface area contributed by atoms with E-state index in [9.17, 15) is 79.4 Å². The van der Waals surface area contributed by atoms with Crippen LogP contribution in [0.4, 0.5) is 74.6 Å². The van der Waals surface area contributed by atoms with Crippen LogP contribution in [0.15, 0.2) is 0 Å². The summed E-state index contributed by atoms with van der Waals surface area (Å²) in [6, 6.07) is 0. The van der Waals surface area contributed by atoms with E-state index in [1.54, 1.807) is 0 Å². The second-order valence-electron chi connectivity index (χ2n) is 11.4. The predicted molar refractivity (Wildman–Crippen MR) is 136 cm³/mol. The Morgan fingerprint density at radius 2 is 0.723 bits per heavy atom. The summed E-state index contributed by atoms with van der Waals surface area (Å²) in [4.78, 5) is 11.8. The van der Waals surface area contributed by atoms with Crippen LogP contribution in [-0.4, -0.2) is 59.7 Å². The second kappa shape index (κ2) is 17.3. The van der Waals surface area contributed by atoms with Gasteiger partial charge in [0.25, 0.3) is 0 Å². The Hall–Kier alpha value is -1.72. The molecule has 19 heteroatoms. The van der Waals surface area contributed by atoms with Crippen LogP contribution in [0.1, 0.15) is 117 Å². The van der Waals surface area contributed by atoms with Crippen molar-refractivity contribution in [2.24, 2.45) is 0 Å². The summed E-state index contributed by atoms with van der Waals surface area (Å²) in [5.41, 5.74) is 0. The Kier molecular flexibility index (Phi) is 16.6. The van der Waals surface area contributed by atoms with E-state index < -0.39 is 66.1 Å². The number of hydrogen-bond acceptors (Lipinski definition) is 2. The highest BCUT2D eigenvalue weighted by Gasteiger charge is 2.95. The first-order chi connectivity index (χ1) is 21.1. The average molecular weight is 731 g/mol. The van der Waals surface area contributed by atoms with Gasteiger partial charge in [-0.2, -0.15) is 74.6 Å². The van der Waals surface area contributed by atoms with Gasteiger partial charge in [0.05, 0.1) is 0 Å². The molecular formula is C28H39F17O2. The third-order valence-electron chi connectivity index (χ3n) is 7.55. The molecule has 0 aliphatic heterocycles. The summed E-state index contributed by atoms with van der Waals surface area (Å²) in [5, 5.41) is 0. The van der Waals surface area contributed by atoms with E-state index in [-0.39, 0.29) is 19.8 Å². The van der Waals surface area contributed by atoms with Crippen molar-refractivity contribution in [2.75, 3.05) is 0 Å². The minimum absolute atomic E-state index is 0.103. The summed E-state index contributed by atoms with van der Waals surface area (Å²) in [6.07, 6.45) is 1.07. The lowest BCUT2D eigenvalue weighted by Crippen LogP contribution is -2.75. The zero-order valence-corrected chi connectivity index (χ0v) is 25.6. The molecule has 1 unspecified atom stereocenters. The third kappa shape index (κ3) is 10.2. The minimum atomic E-state index is -8.70. The fourth-order valence-electron chi connectivity index (χ4n) is 4.40. The van der Waals surface area contributed by atoms with Crippen LogP contribution in [0, 0.1) is 0 Å². The van der Waals surface area contributed by atoms with Crippen LogP contribution in [0.2, 0.25) is 0 Å². The molecule has 0 fully saturated rings. The molecule has 282 valence electrons. The number of alkyl halides is 17. The normalized spacial score (nSPS) is 15.2. The van der Waals surface area contributed by atoms with Crippen molar-refractivity contribution in [1.82, 2.24) is 0 Å². The Balaban J connectivity index is 5.07. The van der Waals surface area contributed by atoms with E-state index in [4.69, 9.17) is 0 Å². The predicted octanol–water partition coefficient (Wildman–Crippen LogP) is 12.2. The average Bonchev–Trinajstić information content (AvgIpc) is 2.93. The van der Waals surface area contributed by atoms with E-state index in [0.29, 0.717) is 12.8 Å². The first-order valence-corrected chi connectivity index (χ1v) is 15.0. The molecule has 0 aromatic rings. The quantitative estimate of drug-likeness (QED) is 0.0562. The van der Waals surface area contributed by atoms with E-state index in [1.165, 1.54) is 32.1 Å². The SMILES string of the molecule is CCCCCCCCCCCCCCCCCC(=O)OC(C)C(F)(F)C(F)(F)C(F)(F)C(F)(F)C(F)(F)C(F)(F)C(F)(F)C(F)(F)F. The topological polar surface area (TPSA) is 26.3 Å². The number of hydrogen-bond donors (Lipinski definition) is 0. The standard InChI is InChI=1S/C28H39F17O2/c1-3-4-5-6-7-8-9-10-11-12-13-14-15-16-17-18-20(46)47-19(2)21(29,30)22(31,32)23(33,34)24(35,36)25(37,38)26(39,40)27(41,42)28(43,44)45/h19H,3-18H2,1-2H3. The zero-order valence-electron chi connectivity index (χ0n) is 25.6. The first kappa shape index (κ1) is 45.3. The van der Waals surface area contributed by atoms with Crippen molar-refractivity contribution in [2.45, 2.75) is 170 Å². The highest BCUT2D eigenvalue weighted by molar-refractivity contribution is 5.69. The second-order valence-corrected chi connectivity index (χ2v) is 11.4. The van der Waals surface area contributed by atoms with Gasteiger partial charge >= 0.3 is 53.6 Å². The fraction of sp³-hybridized carbons (Fsp3) is 0.964. The molecule has 0 aromatic carbocycles. The highest BCUT2D eigenvalue weighted by atomic mass is 19.4. The van der Waals surface area contributed by atoms with Gasteiger partial charge < -0.3 is 4.74 Å². The summed E-state index contributed by atoms with van der Waals surface area (Å²) in [6.45, 7) is 1.85. The van der Waals surface area contributed by atoms with Gasteiger partial charge in [-0.15, -0.1) is 0 Å². The molecule has 0 heterocycles. The maximum absolute atomic E-state index is 14.2. The lowest BCUT2D eigenvalue weighted by atomic mass is 9.88. The Bertz CT molecular complexity index is 932. The molecule has 47 heavy (non-hydrogen) atoms. The van der Waals surface area contributed by atoms with Crippen molar-refractivity contribution < 1.29 is 84.2 Å². The number of carbonyl (C=O) groups is 1. The first-order valence-electron chi connectivity index (χ1n) is 15.0. The number of rotatable bonds is 24. The molecule has 0 bridgehead atoms. The molecule has 2 nitrogen and oxygen atoms in total. The zero-order chi connectivity index (χ0) is 37.2. The van der Waals surface area contributed by atoms with Crippen LogP contribution in [0.5, 0.6) is 0 Å². The lowest BCUT2D eigenvalue weighted by Gasteiger charge is -2.43. The van der Waals surface area contributed by atoms with E-state index in [1.807, 2.05) is 0 Å². The molecular weight excluding hydrogens is 691 g/mol. The maximum atomic E-state index is 14.2. The van der Waals surface area contributed by atoms with E-state index >= 15 is 0 Å². The maximum Gasteiger partial charge on any atom is 0.460 e. The Morgan fingerprint density at radius 1 is 0.447 bits per heavy atom. The van der Waals surface area contributed by atoms with Crippen LogP contribution < -0.4 is 0 Å². The van der Waals surface area contributed by atoms with Crippen LogP contribution in [0.25, 0.3) is 0 Å². The third-order valence-corrected chi connectivity index (χ3v) is 7.55. The molecule has 0 aliphatic rings. The summed E-state index contributed by atoms with van der Waals surface area (Å²) in [5.74, 6) is -59.0. The number of ether oxygens (including phenoxy) is 1. The number of carbonyl (C=O) groups excluding carboxylic acids is 1. The van der Waals surface area contributed by atoms with Crippen molar-refractivity contribution in [3.8, 4) is 0 Å². The largest absolute Gasteiger partial charge is 0.460 e. The van der Waals surface area contributed by atoms with Crippen LogP contribution in [0.3, 0.4) is 0 Å². The van der Waals surface area contributed by atoms with Gasteiger partial charge in [0, 0.05) is 6.42 Å². The molecule has 0 radical (unpaired) electrons. The fourth-order valence-corrected chi connectivity index (χ4v) is 4.40. The van der Waals surface area contributed by atoms with Gasteiger partial charge in [-0.1, -0.05) is 96.8 Å². The lowest BCUT2D eigenvalue weighted by molar-refractivity contribution is -0.463. The molecule has 1 atom stereocenters. The number of halogens is 17. The molecule has 0 amide bonds. The Labute approximate surface area is 261 Å². The van der Waals surface area contributed by atoms with Gasteiger partial charge in [-0.05, 0) is 13.3 Å². The monoisotopic (exact) mass is 730 g/mol. The highest BCUT2D eigenvalue weighted by Crippen LogP contribution is 2.64. The van der Waals surface area contributed by atoms with Crippen LogP contribution in [-0.2, 0) is 9.53 Å². The molecule has 0 rings (SSSR count). The van der Waals surface area contributed by atoms with Crippen molar-refractivity contribution in [1.29, 1.82) is 0 Å². The van der Waals surface area contributed by atoms with E-state index in [0.717, 1.165) is 38.5 Å². The van der Waals surface area contributed by atoms with Crippen molar-refractivity contribution in [3.63, 3.8) is 0 Å². The molecule has 0 N–H and O–H groups in total. The number of esters is 1. The Morgan fingerprint density at radius 3 is 1.04 bits per heavy atom. The molecule has 0 saturated heterocycles. The van der Waals surface area contributed by atoms with Crippen molar-refractivity contribution >= 4 is 5.97 Å². The molecule has 0 aliphatic carbocycles. The summed E-state index contributed by atoms with van der Waals surface area (Å²) < 4.78 is 232. The van der Waals surface area contributed by atoms with Gasteiger partial charge in [-0.3, -0.25) is 4.79 Å². The van der Waals surface area contributed by atoms with Crippen LogP contribution >= 0.6 is 0 Å². The van der Waals surface area contributed by atoms with Gasteiger partial charge in [0.1, 0.15) is 0 Å². The van der Waals surface area contributed by atoms with Gasteiger partial charge in [0.15, 0.2) is 6.10 Å². The molecule has 0 spiro atoms. The number of unbranched alkanes of at least 4 members (excludes halogenated alkanes) is 14. The smallest absolute Gasteiger partial charge is 0.456 e. The summed E-state index contributed by atoms with van der Waals surface area (Å²) in [7, 11) is 0. The minimum Gasteiger partial charge on any atom is -0.456 e.